The van der Waals surface area contributed by atoms with Crippen LogP contribution in [0.3, 0.4) is 0 Å². The Balaban J connectivity index is -0.0000000267. The van der Waals surface area contributed by atoms with Crippen molar-refractivity contribution in [1.82, 2.24) is 0 Å². The number of nitrogens with zero attached hydrogens (tertiary/aromatic N) is 1. The summed E-state index contributed by atoms with van der Waals surface area (Å²) >= 11 is 0. The van der Waals surface area contributed by atoms with E-state index in [0.717, 1.165) is 13.1 Å². The van der Waals surface area contributed by atoms with Crippen molar-refractivity contribution < 1.29 is 21.7 Å². The van der Waals surface area contributed by atoms with Crippen LogP contribution in [0.1, 0.15) is 13.8 Å². The zero-order valence-electron chi connectivity index (χ0n) is 5.18. The van der Waals surface area contributed by atoms with Crippen LogP contribution in [0.2, 0.25) is 0 Å². The molecule has 0 aromatic rings. The Hall–Kier alpha value is 1.25. The number of hydrogen-bond donors (Lipinski definition) is 0. The first-order chi connectivity index (χ1) is 2.41. The van der Waals surface area contributed by atoms with Gasteiger partial charge in [0.15, 0.2) is 0 Å². The fourth-order valence-corrected chi connectivity index (χ4v) is 0.224. The van der Waals surface area contributed by atoms with Gasteiger partial charge in [-0.1, -0.05) is 13.8 Å². The van der Waals surface area contributed by atoms with Gasteiger partial charge in [0, 0.05) is 21.7 Å². The fourth-order valence-electron chi connectivity index (χ4n) is 0.224. The smallest absolute Gasteiger partial charge is 0 e. The van der Waals surface area contributed by atoms with E-state index in [1.54, 1.807) is 0 Å². The van der Waals surface area contributed by atoms with E-state index >= 15 is 0 Å². The summed E-state index contributed by atoms with van der Waals surface area (Å²) in [5, 5.41) is 3.97. The molecule has 52 valence electrons. The monoisotopic (exact) mass is 192 g/mol. The van der Waals surface area contributed by atoms with E-state index in [0.29, 0.717) is 0 Å². The maximum absolute atomic E-state index is 3.97. The van der Waals surface area contributed by atoms with Gasteiger partial charge in [-0.3, -0.25) is 0 Å². The third kappa shape index (κ3) is 26.8. The second-order valence-electron chi connectivity index (χ2n) is 0.856. The molecule has 0 fully saturated rings. The molecule has 0 rings (SSSR count). The predicted octanol–water partition coefficient (Wildman–Crippen LogP) is 2.24. The molecule has 8 heavy (non-hydrogen) atoms. The summed E-state index contributed by atoms with van der Waals surface area (Å²) in [6.07, 6.45) is 0. The van der Waals surface area contributed by atoms with E-state index in [9.17, 15) is 0 Å². The number of hydrogen-bond acceptors (Lipinski definition) is 0. The van der Waals surface area contributed by atoms with E-state index in [-0.39, 0.29) is 46.5 Å². The van der Waals surface area contributed by atoms with Crippen LogP contribution in [-0.2, 0) is 21.7 Å². The van der Waals surface area contributed by atoms with Crippen LogP contribution >= 0.6 is 24.8 Å². The maximum Gasteiger partial charge on any atom is 0 e. The summed E-state index contributed by atoms with van der Waals surface area (Å²) in [5.41, 5.74) is 0. The molecule has 0 unspecified atom stereocenters. The topological polar surface area (TPSA) is 14.1 Å². The van der Waals surface area contributed by atoms with Crippen molar-refractivity contribution in [3.05, 3.63) is 5.32 Å². The SMILES string of the molecule is CC[N-]CC.Cl.Cl.[Ti]. The van der Waals surface area contributed by atoms with Crippen LogP contribution < -0.4 is 0 Å². The molecular weight excluding hydrogens is 181 g/mol. The maximum atomic E-state index is 3.97. The van der Waals surface area contributed by atoms with Crippen LogP contribution in [0.15, 0.2) is 0 Å². The zero-order chi connectivity index (χ0) is 4.12. The quantitative estimate of drug-likeness (QED) is 0.597. The van der Waals surface area contributed by atoms with E-state index in [1.165, 1.54) is 0 Å². The Labute approximate surface area is 78.7 Å². The van der Waals surface area contributed by atoms with Gasteiger partial charge in [0.25, 0.3) is 0 Å². The first kappa shape index (κ1) is 22.8. The fraction of sp³-hybridized carbons (Fsp3) is 1.00. The molecule has 0 aliphatic heterocycles. The summed E-state index contributed by atoms with van der Waals surface area (Å²) in [4.78, 5) is 0. The molecule has 0 bridgehead atoms. The van der Waals surface area contributed by atoms with Crippen LogP contribution in [0, 0.1) is 0 Å². The largest absolute Gasteiger partial charge is 0.663 e. The molecule has 0 radical (unpaired) electrons. The molecule has 0 heterocycles. The van der Waals surface area contributed by atoms with Gasteiger partial charge in [0.05, 0.1) is 0 Å². The number of halogens is 2. The molecule has 4 heteroatoms. The molecule has 0 saturated carbocycles. The standard InChI is InChI=1S/C4H10N.2ClH.Ti/c1-3-5-4-2;;;/h3-4H2,1-2H3;2*1H;/q-1;;;. The molecule has 0 aliphatic carbocycles. The Morgan fingerprint density at radius 1 is 1.00 bits per heavy atom. The molecule has 0 aliphatic rings. The first-order valence-electron chi connectivity index (χ1n) is 2.05. The summed E-state index contributed by atoms with van der Waals surface area (Å²) in [6.45, 7) is 6.03. The number of rotatable bonds is 2. The Kier molecular flexibility index (Phi) is 68.5. The molecule has 0 aromatic heterocycles. The zero-order valence-corrected chi connectivity index (χ0v) is 8.37. The van der Waals surface area contributed by atoms with Gasteiger partial charge in [-0.15, -0.1) is 24.8 Å². The third-order valence-electron chi connectivity index (χ3n) is 0.447. The average Bonchev–Trinajstić information content (AvgIpc) is 1.41. The second kappa shape index (κ2) is 24.0. The van der Waals surface area contributed by atoms with E-state index in [1.807, 2.05) is 13.8 Å². The average molecular weight is 193 g/mol. The van der Waals surface area contributed by atoms with Crippen LogP contribution in [0.25, 0.3) is 5.32 Å². The van der Waals surface area contributed by atoms with Gasteiger partial charge in [-0.2, -0.15) is 13.1 Å². The minimum atomic E-state index is 0. The normalized spacial score (nSPS) is 5.25. The molecule has 0 N–H and O–H groups in total. The molecule has 0 saturated heterocycles. The third-order valence-corrected chi connectivity index (χ3v) is 0.447. The van der Waals surface area contributed by atoms with Crippen LogP contribution in [-0.4, -0.2) is 13.1 Å². The van der Waals surface area contributed by atoms with Gasteiger partial charge >= 0.3 is 0 Å². The van der Waals surface area contributed by atoms with Crippen LogP contribution in [0.5, 0.6) is 0 Å². The second-order valence-corrected chi connectivity index (χ2v) is 0.856. The van der Waals surface area contributed by atoms with Gasteiger partial charge in [-0.05, 0) is 0 Å². The minimum Gasteiger partial charge on any atom is -0.663 e. The van der Waals surface area contributed by atoms with Gasteiger partial charge in [0.2, 0.25) is 0 Å². The van der Waals surface area contributed by atoms with Crippen molar-refractivity contribution in [2.45, 2.75) is 13.8 Å². The molecule has 0 aromatic carbocycles. The Bertz CT molecular complexity index is 21.5. The van der Waals surface area contributed by atoms with Gasteiger partial charge in [0.1, 0.15) is 0 Å². The van der Waals surface area contributed by atoms with Gasteiger partial charge < -0.3 is 5.32 Å². The van der Waals surface area contributed by atoms with Crippen molar-refractivity contribution in [2.24, 2.45) is 0 Å². The Morgan fingerprint density at radius 2 is 1.25 bits per heavy atom. The molecule has 0 amide bonds. The molecular formula is C4H12Cl2NTi-. The summed E-state index contributed by atoms with van der Waals surface area (Å²) in [7, 11) is 0. The Morgan fingerprint density at radius 3 is 1.25 bits per heavy atom. The van der Waals surface area contributed by atoms with Crippen LogP contribution in [0.4, 0.5) is 0 Å². The van der Waals surface area contributed by atoms with Gasteiger partial charge in [-0.25, -0.2) is 0 Å². The van der Waals surface area contributed by atoms with Crippen molar-refractivity contribution in [3.63, 3.8) is 0 Å². The van der Waals surface area contributed by atoms with Crippen molar-refractivity contribution >= 4 is 24.8 Å². The first-order valence-corrected chi connectivity index (χ1v) is 2.05. The van der Waals surface area contributed by atoms with E-state index < -0.39 is 0 Å². The summed E-state index contributed by atoms with van der Waals surface area (Å²) in [5.74, 6) is 0. The van der Waals surface area contributed by atoms with E-state index in [2.05, 4.69) is 5.32 Å². The molecule has 0 spiro atoms. The van der Waals surface area contributed by atoms with E-state index in [4.69, 9.17) is 0 Å². The van der Waals surface area contributed by atoms with Crippen molar-refractivity contribution in [3.8, 4) is 0 Å². The minimum absolute atomic E-state index is 0. The summed E-state index contributed by atoms with van der Waals surface area (Å²) in [6, 6.07) is 0. The van der Waals surface area contributed by atoms with Crippen molar-refractivity contribution in [1.29, 1.82) is 0 Å². The predicted molar refractivity (Wildman–Crippen MR) is 38.9 cm³/mol. The van der Waals surface area contributed by atoms with Crippen molar-refractivity contribution in [2.75, 3.05) is 13.1 Å². The molecule has 0 atom stereocenters. The molecule has 1 nitrogen and oxygen atoms in total. The summed E-state index contributed by atoms with van der Waals surface area (Å²) < 4.78 is 0.